The monoisotopic (exact) mass is 307 g/mol. The molecular formula is C16H22BrN. The molecule has 2 atom stereocenters. The lowest BCUT2D eigenvalue weighted by Crippen LogP contribution is -2.23. The number of hydrogen-bond donors (Lipinski definition) is 1. The fraction of sp³-hybridized carbons (Fsp3) is 0.625. The molecule has 1 heterocycles. The third-order valence-corrected chi connectivity index (χ3v) is 5.45. The Bertz CT molecular complexity index is 423. The lowest BCUT2D eigenvalue weighted by molar-refractivity contribution is 0.238. The van der Waals surface area contributed by atoms with Gasteiger partial charge in [0.1, 0.15) is 0 Å². The molecule has 1 aromatic carbocycles. The van der Waals surface area contributed by atoms with Crippen LogP contribution < -0.4 is 5.32 Å². The number of nitrogens with one attached hydrogen (secondary N) is 1. The summed E-state index contributed by atoms with van der Waals surface area (Å²) in [5.74, 6) is 2.46. The standard InChI is InChI=1S/C16H22BrN/c1-11(12-5-3-2-4-6-12)15-10-18-16-8-7-13(17)9-14(15)16/h7-9,11-12,15,18H,2-6,10H2,1H3. The molecule has 0 amide bonds. The molecule has 3 rings (SSSR count). The molecule has 1 aliphatic carbocycles. The summed E-state index contributed by atoms with van der Waals surface area (Å²) in [7, 11) is 0. The van der Waals surface area contributed by atoms with Gasteiger partial charge in [0, 0.05) is 22.6 Å². The molecule has 0 saturated heterocycles. The lowest BCUT2D eigenvalue weighted by atomic mass is 9.73. The summed E-state index contributed by atoms with van der Waals surface area (Å²) in [5, 5.41) is 3.58. The first kappa shape index (κ1) is 12.5. The Morgan fingerprint density at radius 3 is 2.78 bits per heavy atom. The second kappa shape index (κ2) is 5.24. The third-order valence-electron chi connectivity index (χ3n) is 4.95. The summed E-state index contributed by atoms with van der Waals surface area (Å²) >= 11 is 3.61. The van der Waals surface area contributed by atoms with E-state index in [0.29, 0.717) is 5.92 Å². The smallest absolute Gasteiger partial charge is 0.0377 e. The van der Waals surface area contributed by atoms with Crippen molar-refractivity contribution in [3.05, 3.63) is 28.2 Å². The van der Waals surface area contributed by atoms with E-state index in [-0.39, 0.29) is 0 Å². The van der Waals surface area contributed by atoms with Crippen LogP contribution in [0.3, 0.4) is 0 Å². The van der Waals surface area contributed by atoms with Gasteiger partial charge in [-0.05, 0) is 35.6 Å². The molecule has 0 bridgehead atoms. The summed E-state index contributed by atoms with van der Waals surface area (Å²) in [4.78, 5) is 0. The van der Waals surface area contributed by atoms with Crippen molar-refractivity contribution in [3.8, 4) is 0 Å². The molecular weight excluding hydrogens is 286 g/mol. The third kappa shape index (κ3) is 2.32. The van der Waals surface area contributed by atoms with E-state index in [0.717, 1.165) is 18.4 Å². The maximum Gasteiger partial charge on any atom is 0.0377 e. The van der Waals surface area contributed by atoms with Crippen molar-refractivity contribution in [3.63, 3.8) is 0 Å². The highest BCUT2D eigenvalue weighted by molar-refractivity contribution is 9.10. The van der Waals surface area contributed by atoms with E-state index in [1.165, 1.54) is 47.8 Å². The molecule has 1 aliphatic heterocycles. The van der Waals surface area contributed by atoms with Gasteiger partial charge < -0.3 is 5.32 Å². The average molecular weight is 308 g/mol. The Labute approximate surface area is 118 Å². The maximum absolute atomic E-state index is 3.61. The minimum absolute atomic E-state index is 0.709. The highest BCUT2D eigenvalue weighted by Gasteiger charge is 2.32. The van der Waals surface area contributed by atoms with Crippen LogP contribution >= 0.6 is 15.9 Å². The van der Waals surface area contributed by atoms with Crippen molar-refractivity contribution >= 4 is 21.6 Å². The van der Waals surface area contributed by atoms with Crippen molar-refractivity contribution in [2.45, 2.75) is 44.9 Å². The molecule has 1 fully saturated rings. The van der Waals surface area contributed by atoms with E-state index < -0.39 is 0 Å². The molecule has 1 N–H and O–H groups in total. The molecule has 18 heavy (non-hydrogen) atoms. The van der Waals surface area contributed by atoms with Gasteiger partial charge in [0.15, 0.2) is 0 Å². The SMILES string of the molecule is CC(C1CCCCC1)C1CNc2ccc(Br)cc21. The summed E-state index contributed by atoms with van der Waals surface area (Å²) in [6, 6.07) is 6.67. The van der Waals surface area contributed by atoms with Crippen molar-refractivity contribution < 1.29 is 0 Å². The molecule has 0 radical (unpaired) electrons. The first-order valence-electron chi connectivity index (χ1n) is 7.29. The number of benzene rings is 1. The Hall–Kier alpha value is -0.500. The molecule has 2 aliphatic rings. The summed E-state index contributed by atoms with van der Waals surface area (Å²) < 4.78 is 1.21. The first-order chi connectivity index (χ1) is 8.75. The number of hydrogen-bond acceptors (Lipinski definition) is 1. The van der Waals surface area contributed by atoms with Crippen LogP contribution in [0.15, 0.2) is 22.7 Å². The first-order valence-corrected chi connectivity index (χ1v) is 8.08. The minimum atomic E-state index is 0.709. The minimum Gasteiger partial charge on any atom is -0.384 e. The average Bonchev–Trinajstić information content (AvgIpc) is 2.82. The summed E-state index contributed by atoms with van der Waals surface area (Å²) in [6.07, 6.45) is 7.23. The van der Waals surface area contributed by atoms with E-state index in [1.807, 2.05) is 0 Å². The van der Waals surface area contributed by atoms with Crippen LogP contribution in [0, 0.1) is 11.8 Å². The van der Waals surface area contributed by atoms with Crippen LogP contribution in [0.1, 0.15) is 50.5 Å². The van der Waals surface area contributed by atoms with E-state index in [4.69, 9.17) is 0 Å². The molecule has 1 aromatic rings. The second-order valence-electron chi connectivity index (χ2n) is 5.98. The van der Waals surface area contributed by atoms with Crippen LogP contribution in [0.5, 0.6) is 0 Å². The highest BCUT2D eigenvalue weighted by Crippen LogP contribution is 2.43. The number of anilines is 1. The van der Waals surface area contributed by atoms with Gasteiger partial charge in [-0.2, -0.15) is 0 Å². The Morgan fingerprint density at radius 1 is 1.22 bits per heavy atom. The molecule has 0 aromatic heterocycles. The normalized spacial score (nSPS) is 25.6. The highest BCUT2D eigenvalue weighted by atomic mass is 79.9. The van der Waals surface area contributed by atoms with Gasteiger partial charge in [0.2, 0.25) is 0 Å². The van der Waals surface area contributed by atoms with Crippen molar-refractivity contribution in [2.75, 3.05) is 11.9 Å². The van der Waals surface area contributed by atoms with Crippen molar-refractivity contribution in [1.82, 2.24) is 0 Å². The zero-order chi connectivity index (χ0) is 12.5. The quantitative estimate of drug-likeness (QED) is 0.794. The van der Waals surface area contributed by atoms with E-state index >= 15 is 0 Å². The number of fused-ring (bicyclic) bond motifs is 1. The van der Waals surface area contributed by atoms with Gasteiger partial charge in [-0.3, -0.25) is 0 Å². The summed E-state index contributed by atoms with van der Waals surface area (Å²) in [5.41, 5.74) is 2.88. The zero-order valence-corrected chi connectivity index (χ0v) is 12.7. The van der Waals surface area contributed by atoms with Gasteiger partial charge in [-0.25, -0.2) is 0 Å². The van der Waals surface area contributed by atoms with Crippen LogP contribution in [0.2, 0.25) is 0 Å². The van der Waals surface area contributed by atoms with Crippen LogP contribution in [-0.2, 0) is 0 Å². The summed E-state index contributed by atoms with van der Waals surface area (Å²) in [6.45, 7) is 3.60. The predicted molar refractivity (Wildman–Crippen MR) is 81.1 cm³/mol. The zero-order valence-electron chi connectivity index (χ0n) is 11.1. The van der Waals surface area contributed by atoms with Gasteiger partial charge in [-0.15, -0.1) is 0 Å². The van der Waals surface area contributed by atoms with Gasteiger partial charge in [0.05, 0.1) is 0 Å². The molecule has 2 unspecified atom stereocenters. The van der Waals surface area contributed by atoms with Gasteiger partial charge in [0.25, 0.3) is 0 Å². The fourth-order valence-corrected chi connectivity index (χ4v) is 4.17. The van der Waals surface area contributed by atoms with Crippen LogP contribution in [0.4, 0.5) is 5.69 Å². The fourth-order valence-electron chi connectivity index (χ4n) is 3.79. The van der Waals surface area contributed by atoms with Crippen molar-refractivity contribution in [2.24, 2.45) is 11.8 Å². The molecule has 2 heteroatoms. The Balaban J connectivity index is 1.80. The topological polar surface area (TPSA) is 12.0 Å². The van der Waals surface area contributed by atoms with E-state index in [9.17, 15) is 0 Å². The second-order valence-corrected chi connectivity index (χ2v) is 6.89. The van der Waals surface area contributed by atoms with E-state index in [1.54, 1.807) is 0 Å². The number of rotatable bonds is 2. The van der Waals surface area contributed by atoms with Crippen LogP contribution in [0.25, 0.3) is 0 Å². The largest absolute Gasteiger partial charge is 0.384 e. The number of halogens is 1. The van der Waals surface area contributed by atoms with Gasteiger partial charge >= 0.3 is 0 Å². The van der Waals surface area contributed by atoms with Gasteiger partial charge in [-0.1, -0.05) is 55.0 Å². The van der Waals surface area contributed by atoms with Crippen molar-refractivity contribution in [1.29, 1.82) is 0 Å². The molecule has 1 saturated carbocycles. The Kier molecular flexibility index (Phi) is 3.65. The van der Waals surface area contributed by atoms with Crippen LogP contribution in [-0.4, -0.2) is 6.54 Å². The van der Waals surface area contributed by atoms with E-state index in [2.05, 4.69) is 46.4 Å². The molecule has 1 nitrogen and oxygen atoms in total. The predicted octanol–water partition coefficient (Wildman–Crippen LogP) is 5.17. The lowest BCUT2D eigenvalue weighted by Gasteiger charge is -2.31. The molecule has 98 valence electrons. The Morgan fingerprint density at radius 2 is 2.00 bits per heavy atom. The molecule has 0 spiro atoms. The maximum atomic E-state index is 3.61.